The van der Waals surface area contributed by atoms with Crippen molar-refractivity contribution in [3.63, 3.8) is 0 Å². The summed E-state index contributed by atoms with van der Waals surface area (Å²) in [6.45, 7) is 6.86. The van der Waals surface area contributed by atoms with E-state index in [1.165, 1.54) is 18.4 Å². The van der Waals surface area contributed by atoms with Crippen molar-refractivity contribution in [3.8, 4) is 0 Å². The lowest BCUT2D eigenvalue weighted by atomic mass is 9.85. The number of halogens is 1. The topological polar surface area (TPSA) is 32.3 Å². The highest BCUT2D eigenvalue weighted by molar-refractivity contribution is 7.98. The third-order valence-corrected chi connectivity index (χ3v) is 6.78. The molecule has 1 aromatic carbocycles. The van der Waals surface area contributed by atoms with Crippen LogP contribution in [0.5, 0.6) is 0 Å². The van der Waals surface area contributed by atoms with E-state index in [2.05, 4.69) is 35.3 Å². The summed E-state index contributed by atoms with van der Waals surface area (Å²) in [7, 11) is 0. The van der Waals surface area contributed by atoms with Crippen LogP contribution in [0.1, 0.15) is 57.1 Å². The third-order valence-electron chi connectivity index (χ3n) is 5.39. The molecule has 0 bridgehead atoms. The highest BCUT2D eigenvalue weighted by Crippen LogP contribution is 2.38. The number of rotatable bonds is 9. The summed E-state index contributed by atoms with van der Waals surface area (Å²) in [5.74, 6) is 0.349. The third kappa shape index (κ3) is 4.85. The molecule has 2 unspecified atom stereocenters. The van der Waals surface area contributed by atoms with E-state index in [4.69, 9.17) is 11.6 Å². The maximum Gasteiger partial charge on any atom is 0.226 e. The summed E-state index contributed by atoms with van der Waals surface area (Å²) in [6.07, 6.45) is 8.15. The van der Waals surface area contributed by atoms with Gasteiger partial charge in [0, 0.05) is 28.8 Å². The van der Waals surface area contributed by atoms with E-state index in [1.54, 1.807) is 0 Å². The molecule has 3 rings (SSSR count). The van der Waals surface area contributed by atoms with Gasteiger partial charge in [0.05, 0.1) is 6.04 Å². The van der Waals surface area contributed by atoms with Crippen LogP contribution in [-0.2, 0) is 4.79 Å². The van der Waals surface area contributed by atoms with E-state index in [9.17, 15) is 4.79 Å². The fourth-order valence-electron chi connectivity index (χ4n) is 3.74. The predicted octanol–water partition coefficient (Wildman–Crippen LogP) is 5.37. The zero-order chi connectivity index (χ0) is 18.5. The van der Waals surface area contributed by atoms with Gasteiger partial charge in [-0.2, -0.15) is 0 Å². The van der Waals surface area contributed by atoms with E-state index in [1.807, 2.05) is 30.2 Å². The second-order valence-corrected chi connectivity index (χ2v) is 8.97. The highest BCUT2D eigenvalue weighted by Gasteiger charge is 2.38. The van der Waals surface area contributed by atoms with E-state index < -0.39 is 0 Å². The number of carbonyl (C=O) groups excluding carboxylic acids is 1. The molecule has 1 N–H and O–H groups in total. The molecule has 5 heteroatoms. The van der Waals surface area contributed by atoms with Gasteiger partial charge >= 0.3 is 0 Å². The standard InChI is InChI=1S/C21H29ClN2OS/c1-3-5-16-8-13-20(15-6-9-17(22)10-7-15)24(21(16)25)18(4-2)14-23-26-19-11-12-19/h3,6-7,9-10,16,18-20,23H,1,4-5,8,11-14H2,2H3/t16-,18?,20?/m0/s1. The summed E-state index contributed by atoms with van der Waals surface area (Å²) in [5, 5.41) is 1.51. The number of benzene rings is 1. The number of hydrogen-bond donors (Lipinski definition) is 1. The molecule has 0 radical (unpaired) electrons. The molecule has 26 heavy (non-hydrogen) atoms. The van der Waals surface area contributed by atoms with Gasteiger partial charge in [0.25, 0.3) is 0 Å². The molecule has 1 aliphatic heterocycles. The number of nitrogens with one attached hydrogen (secondary N) is 1. The fraction of sp³-hybridized carbons (Fsp3) is 0.571. The van der Waals surface area contributed by atoms with Crippen molar-refractivity contribution in [3.05, 3.63) is 47.5 Å². The Morgan fingerprint density at radius 2 is 2.04 bits per heavy atom. The predicted molar refractivity (Wildman–Crippen MR) is 111 cm³/mol. The average Bonchev–Trinajstić information content (AvgIpc) is 3.46. The Kier molecular flexibility index (Phi) is 7.07. The number of likely N-dealkylation sites (tertiary alicyclic amines) is 1. The van der Waals surface area contributed by atoms with E-state index >= 15 is 0 Å². The van der Waals surface area contributed by atoms with Crippen LogP contribution >= 0.6 is 23.5 Å². The Balaban J connectivity index is 1.79. The molecule has 1 saturated carbocycles. The summed E-state index contributed by atoms with van der Waals surface area (Å²) in [5.41, 5.74) is 1.19. The minimum atomic E-state index is 0.0705. The van der Waals surface area contributed by atoms with Crippen molar-refractivity contribution in [1.82, 2.24) is 9.62 Å². The van der Waals surface area contributed by atoms with Crippen LogP contribution in [-0.4, -0.2) is 28.6 Å². The van der Waals surface area contributed by atoms with Crippen molar-refractivity contribution in [2.24, 2.45) is 5.92 Å². The zero-order valence-electron chi connectivity index (χ0n) is 15.5. The van der Waals surface area contributed by atoms with Gasteiger partial charge in [0.2, 0.25) is 5.91 Å². The second kappa shape index (κ2) is 9.29. The first-order chi connectivity index (χ1) is 12.6. The van der Waals surface area contributed by atoms with Crippen LogP contribution in [0, 0.1) is 5.92 Å². The molecule has 1 heterocycles. The monoisotopic (exact) mass is 392 g/mol. The van der Waals surface area contributed by atoms with Gasteiger partial charge in [0.1, 0.15) is 0 Å². The maximum atomic E-state index is 13.3. The molecule has 142 valence electrons. The first-order valence-corrected chi connectivity index (χ1v) is 11.0. The van der Waals surface area contributed by atoms with E-state index in [-0.39, 0.29) is 23.9 Å². The van der Waals surface area contributed by atoms with Gasteiger partial charge < -0.3 is 4.90 Å². The molecular formula is C21H29ClN2OS. The van der Waals surface area contributed by atoms with Crippen molar-refractivity contribution in [2.45, 2.75) is 62.8 Å². The van der Waals surface area contributed by atoms with Gasteiger partial charge in [-0.3, -0.25) is 9.52 Å². The molecule has 0 spiro atoms. The Morgan fingerprint density at radius 3 is 2.65 bits per heavy atom. The van der Waals surface area contributed by atoms with Gasteiger partial charge in [-0.1, -0.05) is 48.7 Å². The number of hydrogen-bond acceptors (Lipinski definition) is 3. The molecular weight excluding hydrogens is 364 g/mol. The Morgan fingerprint density at radius 1 is 1.31 bits per heavy atom. The lowest BCUT2D eigenvalue weighted by Crippen LogP contribution is -2.51. The van der Waals surface area contributed by atoms with Crippen molar-refractivity contribution in [1.29, 1.82) is 0 Å². The van der Waals surface area contributed by atoms with Crippen LogP contribution in [0.3, 0.4) is 0 Å². The van der Waals surface area contributed by atoms with E-state index in [0.717, 1.165) is 42.5 Å². The van der Waals surface area contributed by atoms with Crippen LogP contribution < -0.4 is 4.72 Å². The lowest BCUT2D eigenvalue weighted by molar-refractivity contribution is -0.145. The normalized spacial score (nSPS) is 24.5. The Hall–Kier alpha value is -0.970. The first-order valence-electron chi connectivity index (χ1n) is 9.71. The van der Waals surface area contributed by atoms with Crippen LogP contribution in [0.4, 0.5) is 0 Å². The number of carbonyl (C=O) groups is 1. The summed E-state index contributed by atoms with van der Waals surface area (Å²) < 4.78 is 3.53. The maximum absolute atomic E-state index is 13.3. The zero-order valence-corrected chi connectivity index (χ0v) is 17.1. The van der Waals surface area contributed by atoms with Crippen LogP contribution in [0.25, 0.3) is 0 Å². The largest absolute Gasteiger partial charge is 0.331 e. The molecule has 1 amide bonds. The number of allylic oxidation sites excluding steroid dienone is 1. The van der Waals surface area contributed by atoms with Gasteiger partial charge in [-0.15, -0.1) is 6.58 Å². The van der Waals surface area contributed by atoms with Crippen molar-refractivity contribution >= 4 is 29.5 Å². The first kappa shape index (κ1) is 19.8. The molecule has 2 aliphatic rings. The molecule has 1 saturated heterocycles. The smallest absolute Gasteiger partial charge is 0.226 e. The van der Waals surface area contributed by atoms with Crippen molar-refractivity contribution < 1.29 is 4.79 Å². The average molecular weight is 393 g/mol. The molecule has 1 aliphatic carbocycles. The van der Waals surface area contributed by atoms with Crippen LogP contribution in [0.15, 0.2) is 36.9 Å². The summed E-state index contributed by atoms with van der Waals surface area (Å²) in [6, 6.07) is 8.34. The fourth-order valence-corrected chi connectivity index (χ4v) is 4.76. The quantitative estimate of drug-likeness (QED) is 0.452. The molecule has 0 aromatic heterocycles. The van der Waals surface area contributed by atoms with Crippen LogP contribution in [0.2, 0.25) is 5.02 Å². The molecule has 2 fully saturated rings. The van der Waals surface area contributed by atoms with Gasteiger partial charge in [0.15, 0.2) is 0 Å². The molecule has 3 nitrogen and oxygen atoms in total. The lowest BCUT2D eigenvalue weighted by Gasteiger charge is -2.44. The van der Waals surface area contributed by atoms with Gasteiger partial charge in [-0.05, 0) is 56.2 Å². The Labute approximate surface area is 166 Å². The summed E-state index contributed by atoms with van der Waals surface area (Å²) >= 11 is 7.91. The summed E-state index contributed by atoms with van der Waals surface area (Å²) in [4.78, 5) is 15.4. The number of amides is 1. The number of nitrogens with zero attached hydrogens (tertiary/aromatic N) is 1. The van der Waals surface area contributed by atoms with Gasteiger partial charge in [-0.25, -0.2) is 0 Å². The molecule has 1 aromatic rings. The molecule has 3 atom stereocenters. The highest BCUT2D eigenvalue weighted by atomic mass is 35.5. The Bertz CT molecular complexity index is 617. The number of piperidine rings is 1. The minimum absolute atomic E-state index is 0.0705. The minimum Gasteiger partial charge on any atom is -0.331 e. The second-order valence-electron chi connectivity index (χ2n) is 7.34. The van der Waals surface area contributed by atoms with E-state index in [0.29, 0.717) is 0 Å². The van der Waals surface area contributed by atoms with Crippen molar-refractivity contribution in [2.75, 3.05) is 6.54 Å². The SMILES string of the molecule is C=CC[C@H]1CCC(c2ccc(Cl)cc2)N(C(CC)CNSC2CC2)C1=O.